The third-order valence-electron chi connectivity index (χ3n) is 7.94. The molecule has 0 aromatic carbocycles. The number of amides is 2. The van der Waals surface area contributed by atoms with Crippen molar-refractivity contribution in [3.05, 3.63) is 25.3 Å². The summed E-state index contributed by atoms with van der Waals surface area (Å²) in [7, 11) is 0. The number of carbonyl (C=O) groups is 3. The standard InChI is InChI=1S/C28H44N2O6/c1-9-14-30(26(6,7)18-25(3,4)5)23(33)21-28-13-12-27(8,36-28)20(24(34)35-17-10-2)19(28)22(32)29(21)15-11-16-31/h9-10,19-21,31H,1-2,11-18H2,3-8H3/t19-,20-,21?,27+,28?/m0/s1. The van der Waals surface area contributed by atoms with Gasteiger partial charge in [-0.1, -0.05) is 39.5 Å². The van der Waals surface area contributed by atoms with Crippen molar-refractivity contribution in [2.75, 3.05) is 26.3 Å². The average molecular weight is 505 g/mol. The lowest BCUT2D eigenvalue weighted by molar-refractivity contribution is -0.160. The third kappa shape index (κ3) is 4.74. The van der Waals surface area contributed by atoms with Crippen molar-refractivity contribution in [2.24, 2.45) is 17.3 Å². The zero-order chi connectivity index (χ0) is 27.1. The molecule has 3 rings (SSSR count). The highest BCUT2D eigenvalue weighted by Crippen LogP contribution is 2.63. The molecule has 2 amide bonds. The summed E-state index contributed by atoms with van der Waals surface area (Å²) in [4.78, 5) is 44.9. The van der Waals surface area contributed by atoms with Crippen molar-refractivity contribution in [3.8, 4) is 0 Å². The lowest BCUT2D eigenvalue weighted by atomic mass is 9.66. The molecule has 202 valence electrons. The van der Waals surface area contributed by atoms with Gasteiger partial charge in [0, 0.05) is 25.2 Å². The van der Waals surface area contributed by atoms with Gasteiger partial charge in [0.2, 0.25) is 11.8 Å². The number of fused-ring (bicyclic) bond motifs is 1. The van der Waals surface area contributed by atoms with Crippen molar-refractivity contribution >= 4 is 17.8 Å². The summed E-state index contributed by atoms with van der Waals surface area (Å²) in [5.41, 5.74) is -2.56. The van der Waals surface area contributed by atoms with Crippen LogP contribution in [0.1, 0.15) is 67.2 Å². The van der Waals surface area contributed by atoms with Crippen LogP contribution in [-0.2, 0) is 23.9 Å². The van der Waals surface area contributed by atoms with Crippen molar-refractivity contribution in [1.82, 2.24) is 9.80 Å². The topological polar surface area (TPSA) is 96.4 Å². The Morgan fingerprint density at radius 2 is 1.89 bits per heavy atom. The van der Waals surface area contributed by atoms with Crippen LogP contribution in [0.5, 0.6) is 0 Å². The summed E-state index contributed by atoms with van der Waals surface area (Å²) < 4.78 is 12.0. The van der Waals surface area contributed by atoms with E-state index in [0.717, 1.165) is 6.42 Å². The molecule has 2 unspecified atom stereocenters. The van der Waals surface area contributed by atoms with E-state index in [-0.39, 0.29) is 37.0 Å². The fourth-order valence-electron chi connectivity index (χ4n) is 7.08. The second-order valence-electron chi connectivity index (χ2n) is 12.5. The van der Waals surface area contributed by atoms with Gasteiger partial charge in [-0.05, 0) is 51.9 Å². The van der Waals surface area contributed by atoms with E-state index in [0.29, 0.717) is 25.8 Å². The molecule has 0 aromatic heterocycles. The summed E-state index contributed by atoms with van der Waals surface area (Å²) in [5, 5.41) is 9.54. The molecule has 1 N–H and O–H groups in total. The molecule has 8 heteroatoms. The van der Waals surface area contributed by atoms with Gasteiger partial charge in [-0.2, -0.15) is 0 Å². The molecule has 0 radical (unpaired) electrons. The van der Waals surface area contributed by atoms with E-state index in [4.69, 9.17) is 9.47 Å². The van der Waals surface area contributed by atoms with Crippen LogP contribution in [0.3, 0.4) is 0 Å². The van der Waals surface area contributed by atoms with Crippen molar-refractivity contribution in [1.29, 1.82) is 0 Å². The first-order valence-electron chi connectivity index (χ1n) is 13.0. The Labute approximate surface area is 215 Å². The van der Waals surface area contributed by atoms with E-state index < -0.39 is 40.6 Å². The molecule has 3 aliphatic rings. The quantitative estimate of drug-likeness (QED) is 0.343. The second kappa shape index (κ2) is 9.93. The first-order chi connectivity index (χ1) is 16.7. The zero-order valence-electron chi connectivity index (χ0n) is 22.8. The van der Waals surface area contributed by atoms with Crippen LogP contribution in [0.25, 0.3) is 0 Å². The molecule has 2 bridgehead atoms. The summed E-state index contributed by atoms with van der Waals surface area (Å²) in [6.45, 7) is 20.3. The first kappa shape index (κ1) is 28.4. The van der Waals surface area contributed by atoms with Gasteiger partial charge in [0.15, 0.2) is 0 Å². The number of aliphatic hydroxyl groups is 1. The number of rotatable bonds is 11. The van der Waals surface area contributed by atoms with Crippen molar-refractivity contribution in [2.45, 2.75) is 90.0 Å². The van der Waals surface area contributed by atoms with Crippen LogP contribution < -0.4 is 0 Å². The first-order valence-corrected chi connectivity index (χ1v) is 13.0. The fraction of sp³-hybridized carbons (Fsp3) is 0.750. The van der Waals surface area contributed by atoms with Gasteiger partial charge in [-0.3, -0.25) is 14.4 Å². The number of hydrogen-bond acceptors (Lipinski definition) is 6. The van der Waals surface area contributed by atoms with E-state index in [9.17, 15) is 19.5 Å². The molecule has 1 spiro atoms. The Bertz CT molecular complexity index is 908. The second-order valence-corrected chi connectivity index (χ2v) is 12.5. The van der Waals surface area contributed by atoms with Gasteiger partial charge in [0.25, 0.3) is 0 Å². The van der Waals surface area contributed by atoms with E-state index >= 15 is 0 Å². The van der Waals surface area contributed by atoms with Crippen LogP contribution >= 0.6 is 0 Å². The molecule has 5 atom stereocenters. The summed E-state index contributed by atoms with van der Waals surface area (Å²) in [6.07, 6.45) is 5.31. The number of ether oxygens (including phenoxy) is 2. The van der Waals surface area contributed by atoms with Gasteiger partial charge in [-0.25, -0.2) is 0 Å². The fourth-order valence-corrected chi connectivity index (χ4v) is 7.08. The number of aliphatic hydroxyl groups excluding tert-OH is 1. The predicted octanol–water partition coefficient (Wildman–Crippen LogP) is 3.09. The third-order valence-corrected chi connectivity index (χ3v) is 7.94. The monoisotopic (exact) mass is 504 g/mol. The Kier molecular flexibility index (Phi) is 7.83. The lowest BCUT2D eigenvalue weighted by Crippen LogP contribution is -2.61. The Balaban J connectivity index is 2.08. The smallest absolute Gasteiger partial charge is 0.313 e. The maximum atomic E-state index is 14.5. The van der Waals surface area contributed by atoms with Crippen LogP contribution in [0.15, 0.2) is 25.3 Å². The Morgan fingerprint density at radius 3 is 2.44 bits per heavy atom. The normalized spacial score (nSPS) is 31.4. The minimum absolute atomic E-state index is 0.0398. The minimum atomic E-state index is -1.12. The van der Waals surface area contributed by atoms with E-state index in [2.05, 4.69) is 33.9 Å². The van der Waals surface area contributed by atoms with E-state index in [1.54, 1.807) is 15.9 Å². The largest absolute Gasteiger partial charge is 0.461 e. The molecule has 8 nitrogen and oxygen atoms in total. The van der Waals surface area contributed by atoms with E-state index in [1.165, 1.54) is 6.08 Å². The van der Waals surface area contributed by atoms with Crippen LogP contribution in [-0.4, -0.2) is 81.8 Å². The molecule has 3 fully saturated rings. The SMILES string of the molecule is C=CCOC(=O)[C@@H]1[C@H]2C(=O)N(CCCO)C(C(=O)N(CC=C)C(C)(C)CC(C)(C)C)C23CC[C@@]1(C)O3. The van der Waals surface area contributed by atoms with E-state index in [1.807, 2.05) is 20.8 Å². The van der Waals surface area contributed by atoms with Gasteiger partial charge < -0.3 is 24.4 Å². The van der Waals surface area contributed by atoms with Gasteiger partial charge in [0.05, 0.1) is 11.5 Å². The molecular weight excluding hydrogens is 460 g/mol. The Hall–Kier alpha value is -2.19. The Morgan fingerprint density at radius 1 is 1.22 bits per heavy atom. The molecule has 0 saturated carbocycles. The van der Waals surface area contributed by atoms with Gasteiger partial charge in [0.1, 0.15) is 24.2 Å². The van der Waals surface area contributed by atoms with Gasteiger partial charge >= 0.3 is 5.97 Å². The summed E-state index contributed by atoms with van der Waals surface area (Å²) in [6, 6.07) is -0.889. The van der Waals surface area contributed by atoms with Crippen LogP contribution in [0.2, 0.25) is 0 Å². The number of nitrogens with zero attached hydrogens (tertiary/aromatic N) is 2. The lowest BCUT2D eigenvalue weighted by Gasteiger charge is -2.45. The van der Waals surface area contributed by atoms with Crippen LogP contribution in [0, 0.1) is 17.3 Å². The highest BCUT2D eigenvalue weighted by atomic mass is 16.6. The highest BCUT2D eigenvalue weighted by molar-refractivity contribution is 5.98. The van der Waals surface area contributed by atoms with Crippen molar-refractivity contribution in [3.63, 3.8) is 0 Å². The minimum Gasteiger partial charge on any atom is -0.461 e. The average Bonchev–Trinajstić information content (AvgIpc) is 3.33. The molecule has 0 aliphatic carbocycles. The zero-order valence-corrected chi connectivity index (χ0v) is 22.8. The van der Waals surface area contributed by atoms with Crippen LogP contribution in [0.4, 0.5) is 0 Å². The van der Waals surface area contributed by atoms with Gasteiger partial charge in [-0.15, -0.1) is 6.58 Å². The molecule has 3 saturated heterocycles. The maximum Gasteiger partial charge on any atom is 0.313 e. The highest BCUT2D eigenvalue weighted by Gasteiger charge is 2.78. The number of esters is 1. The maximum absolute atomic E-state index is 14.5. The summed E-state index contributed by atoms with van der Waals surface area (Å²) >= 11 is 0. The predicted molar refractivity (Wildman–Crippen MR) is 137 cm³/mol. The molecule has 0 aromatic rings. The molecule has 3 heterocycles. The summed E-state index contributed by atoms with van der Waals surface area (Å²) in [5.74, 6) is -2.59. The molecular formula is C28H44N2O6. The molecule has 3 aliphatic heterocycles. The number of likely N-dealkylation sites (tertiary alicyclic amines) is 1. The number of hydrogen-bond donors (Lipinski definition) is 1. The number of carbonyl (C=O) groups excluding carboxylic acids is 3. The van der Waals surface area contributed by atoms with Crippen molar-refractivity contribution < 1.29 is 29.0 Å². The molecule has 36 heavy (non-hydrogen) atoms.